The third-order valence-corrected chi connectivity index (χ3v) is 4.70. The lowest BCUT2D eigenvalue weighted by Crippen LogP contribution is -2.15. The van der Waals surface area contributed by atoms with E-state index in [4.69, 9.17) is 12.6 Å². The Labute approximate surface area is 108 Å². The van der Waals surface area contributed by atoms with Crippen molar-refractivity contribution in [3.8, 4) is 0 Å². The van der Waals surface area contributed by atoms with Gasteiger partial charge in [-0.25, -0.2) is 0 Å². The topological polar surface area (TPSA) is 0 Å². The molecule has 1 heteroatoms. The summed E-state index contributed by atoms with van der Waals surface area (Å²) in [5.41, 5.74) is 0. The van der Waals surface area contributed by atoms with Crippen LogP contribution in [-0.4, -0.2) is 4.75 Å². The van der Waals surface area contributed by atoms with E-state index in [1.807, 2.05) is 0 Å². The molecule has 0 amide bonds. The SMILES string of the molecule is CCCCCCCCCCC1(S)CCCC1. The van der Waals surface area contributed by atoms with E-state index in [0.29, 0.717) is 4.75 Å². The first-order valence-electron chi connectivity index (χ1n) is 7.49. The number of unbranched alkanes of at least 4 members (excludes halogenated alkanes) is 7. The molecule has 0 N–H and O–H groups in total. The van der Waals surface area contributed by atoms with Crippen molar-refractivity contribution in [2.45, 2.75) is 95.1 Å². The molecule has 0 atom stereocenters. The van der Waals surface area contributed by atoms with Crippen LogP contribution in [0.25, 0.3) is 0 Å². The zero-order valence-corrected chi connectivity index (χ0v) is 12.0. The molecule has 16 heavy (non-hydrogen) atoms. The predicted octanol–water partition coefficient (Wildman–Crippen LogP) is 5.76. The molecule has 96 valence electrons. The van der Waals surface area contributed by atoms with Crippen molar-refractivity contribution in [1.82, 2.24) is 0 Å². The normalized spacial score (nSPS) is 19.1. The van der Waals surface area contributed by atoms with E-state index < -0.39 is 0 Å². The molecule has 0 aromatic carbocycles. The van der Waals surface area contributed by atoms with Crippen LogP contribution in [0.1, 0.15) is 90.4 Å². The highest BCUT2D eigenvalue weighted by Crippen LogP contribution is 2.39. The highest BCUT2D eigenvalue weighted by atomic mass is 32.1. The van der Waals surface area contributed by atoms with E-state index in [1.165, 1.54) is 83.5 Å². The fourth-order valence-electron chi connectivity index (χ4n) is 2.87. The number of hydrogen-bond donors (Lipinski definition) is 1. The van der Waals surface area contributed by atoms with E-state index in [9.17, 15) is 0 Å². The third kappa shape index (κ3) is 6.18. The average molecular weight is 242 g/mol. The molecular weight excluding hydrogens is 212 g/mol. The van der Waals surface area contributed by atoms with Crippen molar-refractivity contribution in [1.29, 1.82) is 0 Å². The molecular formula is C15H30S. The van der Waals surface area contributed by atoms with Crippen LogP contribution >= 0.6 is 12.6 Å². The minimum absolute atomic E-state index is 0.433. The Bertz CT molecular complexity index is 159. The number of rotatable bonds is 9. The van der Waals surface area contributed by atoms with Crippen LogP contribution < -0.4 is 0 Å². The van der Waals surface area contributed by atoms with Gasteiger partial charge in [-0.3, -0.25) is 0 Å². The monoisotopic (exact) mass is 242 g/mol. The van der Waals surface area contributed by atoms with Gasteiger partial charge in [0.05, 0.1) is 0 Å². The first-order valence-corrected chi connectivity index (χ1v) is 7.94. The van der Waals surface area contributed by atoms with Crippen LogP contribution in [0.5, 0.6) is 0 Å². The maximum Gasteiger partial charge on any atom is 0.0130 e. The Morgan fingerprint density at radius 2 is 1.31 bits per heavy atom. The van der Waals surface area contributed by atoms with Crippen molar-refractivity contribution in [2.24, 2.45) is 0 Å². The molecule has 0 aliphatic heterocycles. The summed E-state index contributed by atoms with van der Waals surface area (Å²) in [4.78, 5) is 0. The molecule has 1 aliphatic carbocycles. The van der Waals surface area contributed by atoms with Gasteiger partial charge in [-0.2, -0.15) is 12.6 Å². The second-order valence-corrected chi connectivity index (χ2v) is 6.61. The molecule has 0 bridgehead atoms. The van der Waals surface area contributed by atoms with E-state index >= 15 is 0 Å². The van der Waals surface area contributed by atoms with E-state index in [1.54, 1.807) is 0 Å². The van der Waals surface area contributed by atoms with Gasteiger partial charge in [-0.15, -0.1) is 0 Å². The van der Waals surface area contributed by atoms with Crippen LogP contribution in [0.4, 0.5) is 0 Å². The Morgan fingerprint density at radius 3 is 1.88 bits per heavy atom. The molecule has 0 unspecified atom stereocenters. The minimum atomic E-state index is 0.433. The summed E-state index contributed by atoms with van der Waals surface area (Å²) in [5.74, 6) is 0. The molecule has 0 heterocycles. The van der Waals surface area contributed by atoms with Gasteiger partial charge in [-0.1, -0.05) is 71.1 Å². The molecule has 0 aromatic rings. The van der Waals surface area contributed by atoms with Crippen LogP contribution in [-0.2, 0) is 0 Å². The molecule has 1 fully saturated rings. The quantitative estimate of drug-likeness (QED) is 0.386. The standard InChI is InChI=1S/C15H30S/c1-2-3-4-5-6-7-8-9-12-15(16)13-10-11-14-15/h16H,2-14H2,1H3. The van der Waals surface area contributed by atoms with E-state index in [0.717, 1.165) is 0 Å². The summed E-state index contributed by atoms with van der Waals surface area (Å²) in [6, 6.07) is 0. The van der Waals surface area contributed by atoms with Crippen molar-refractivity contribution in [2.75, 3.05) is 0 Å². The highest BCUT2D eigenvalue weighted by molar-refractivity contribution is 7.81. The maximum absolute atomic E-state index is 4.85. The summed E-state index contributed by atoms with van der Waals surface area (Å²) in [5, 5.41) is 0. The predicted molar refractivity (Wildman–Crippen MR) is 77.4 cm³/mol. The van der Waals surface area contributed by atoms with E-state index in [-0.39, 0.29) is 0 Å². The molecule has 0 aromatic heterocycles. The summed E-state index contributed by atoms with van der Waals surface area (Å²) in [7, 11) is 0. The average Bonchev–Trinajstić information content (AvgIpc) is 2.70. The second kappa shape index (κ2) is 8.44. The number of hydrogen-bond acceptors (Lipinski definition) is 1. The maximum atomic E-state index is 4.85. The third-order valence-electron chi connectivity index (χ3n) is 4.03. The van der Waals surface area contributed by atoms with Crippen molar-refractivity contribution >= 4 is 12.6 Å². The molecule has 1 aliphatic rings. The first kappa shape index (κ1) is 14.4. The van der Waals surface area contributed by atoms with Gasteiger partial charge >= 0.3 is 0 Å². The zero-order chi connectivity index (χ0) is 11.7. The smallest absolute Gasteiger partial charge is 0.0130 e. The summed E-state index contributed by atoms with van der Waals surface area (Å²) in [6.45, 7) is 2.29. The second-order valence-electron chi connectivity index (χ2n) is 5.66. The van der Waals surface area contributed by atoms with Crippen LogP contribution in [0.3, 0.4) is 0 Å². The molecule has 0 spiro atoms. The van der Waals surface area contributed by atoms with Gasteiger partial charge in [0.25, 0.3) is 0 Å². The largest absolute Gasteiger partial charge is 0.173 e. The summed E-state index contributed by atoms with van der Waals surface area (Å²) >= 11 is 4.85. The lowest BCUT2D eigenvalue weighted by atomic mass is 9.98. The molecule has 0 radical (unpaired) electrons. The Balaban J connectivity index is 1.84. The van der Waals surface area contributed by atoms with Gasteiger partial charge < -0.3 is 0 Å². The van der Waals surface area contributed by atoms with Crippen molar-refractivity contribution in [3.05, 3.63) is 0 Å². The Kier molecular flexibility index (Phi) is 7.60. The van der Waals surface area contributed by atoms with E-state index in [2.05, 4.69) is 6.92 Å². The number of thiol groups is 1. The molecule has 0 saturated heterocycles. The van der Waals surface area contributed by atoms with Gasteiger partial charge in [0.1, 0.15) is 0 Å². The van der Waals surface area contributed by atoms with Gasteiger partial charge in [0.2, 0.25) is 0 Å². The van der Waals surface area contributed by atoms with Crippen molar-refractivity contribution < 1.29 is 0 Å². The lowest BCUT2D eigenvalue weighted by molar-refractivity contribution is 0.500. The molecule has 1 saturated carbocycles. The fraction of sp³-hybridized carbons (Fsp3) is 1.00. The van der Waals surface area contributed by atoms with Crippen LogP contribution in [0.2, 0.25) is 0 Å². The summed E-state index contributed by atoms with van der Waals surface area (Å²) in [6.07, 6.45) is 18.4. The van der Waals surface area contributed by atoms with Gasteiger partial charge in [0.15, 0.2) is 0 Å². The van der Waals surface area contributed by atoms with Crippen molar-refractivity contribution in [3.63, 3.8) is 0 Å². The first-order chi connectivity index (χ1) is 7.77. The van der Waals surface area contributed by atoms with Crippen LogP contribution in [0, 0.1) is 0 Å². The minimum Gasteiger partial charge on any atom is -0.173 e. The Hall–Kier alpha value is 0.350. The van der Waals surface area contributed by atoms with Gasteiger partial charge in [0, 0.05) is 4.75 Å². The summed E-state index contributed by atoms with van der Waals surface area (Å²) < 4.78 is 0.433. The highest BCUT2D eigenvalue weighted by Gasteiger charge is 2.28. The fourth-order valence-corrected chi connectivity index (χ4v) is 3.35. The van der Waals surface area contributed by atoms with Gasteiger partial charge in [-0.05, 0) is 19.3 Å². The van der Waals surface area contributed by atoms with Crippen LogP contribution in [0.15, 0.2) is 0 Å². The lowest BCUT2D eigenvalue weighted by Gasteiger charge is -2.21. The Morgan fingerprint density at radius 1 is 0.812 bits per heavy atom. The molecule has 1 rings (SSSR count). The molecule has 0 nitrogen and oxygen atoms in total. The zero-order valence-electron chi connectivity index (χ0n) is 11.1.